The molecular formula is C28H42N4O2. The fourth-order valence-corrected chi connectivity index (χ4v) is 5.30. The third kappa shape index (κ3) is 6.22. The average Bonchev–Trinajstić information content (AvgIpc) is 3.21. The van der Waals surface area contributed by atoms with Gasteiger partial charge in [0.25, 0.3) is 0 Å². The summed E-state index contributed by atoms with van der Waals surface area (Å²) in [4.78, 5) is 9.96. The van der Waals surface area contributed by atoms with E-state index in [4.69, 9.17) is 14.1 Å². The molecule has 0 radical (unpaired) electrons. The molecule has 0 amide bonds. The number of nitrogens with zero attached hydrogens (tertiary/aromatic N) is 3. The number of allylic oxidation sites excluding steroid dienone is 1. The molecule has 2 aliphatic rings. The molecule has 0 saturated carbocycles. The van der Waals surface area contributed by atoms with E-state index in [1.165, 1.54) is 51.0 Å². The Morgan fingerprint density at radius 3 is 2.62 bits per heavy atom. The predicted octanol–water partition coefficient (Wildman–Crippen LogP) is 5.16. The van der Waals surface area contributed by atoms with Crippen LogP contribution < -0.4 is 10.1 Å². The zero-order valence-electron chi connectivity index (χ0n) is 21.4. The van der Waals surface area contributed by atoms with E-state index < -0.39 is 0 Å². The summed E-state index contributed by atoms with van der Waals surface area (Å²) in [7, 11) is 1.69. The Balaban J connectivity index is 1.23. The number of likely N-dealkylation sites (tertiary alicyclic amines) is 2. The normalized spacial score (nSPS) is 18.2. The molecule has 0 atom stereocenters. The van der Waals surface area contributed by atoms with Gasteiger partial charge in [0.2, 0.25) is 5.89 Å². The van der Waals surface area contributed by atoms with E-state index in [0.717, 1.165) is 67.4 Å². The Hall–Kier alpha value is -2.31. The number of benzene rings is 1. The first-order valence-electron chi connectivity index (χ1n) is 13.0. The number of nitrogens with one attached hydrogen (secondary N) is 1. The molecule has 34 heavy (non-hydrogen) atoms. The molecule has 3 heterocycles. The van der Waals surface area contributed by atoms with Crippen molar-refractivity contribution in [3.05, 3.63) is 47.5 Å². The summed E-state index contributed by atoms with van der Waals surface area (Å²) in [6.45, 7) is 16.2. The van der Waals surface area contributed by atoms with E-state index in [-0.39, 0.29) is 0 Å². The van der Waals surface area contributed by atoms with Crippen molar-refractivity contribution in [3.63, 3.8) is 0 Å². The summed E-state index contributed by atoms with van der Waals surface area (Å²) in [5.41, 5.74) is 4.30. The van der Waals surface area contributed by atoms with Crippen LogP contribution >= 0.6 is 0 Å². The van der Waals surface area contributed by atoms with Crippen LogP contribution in [0.3, 0.4) is 0 Å². The largest absolute Gasteiger partial charge is 0.496 e. The molecule has 0 aliphatic carbocycles. The van der Waals surface area contributed by atoms with Gasteiger partial charge in [0.15, 0.2) is 0 Å². The van der Waals surface area contributed by atoms with Gasteiger partial charge in [-0.1, -0.05) is 25.1 Å². The van der Waals surface area contributed by atoms with E-state index in [1.54, 1.807) is 7.11 Å². The number of ether oxygens (including phenoxy) is 1. The molecule has 2 aliphatic heterocycles. The van der Waals surface area contributed by atoms with Crippen molar-refractivity contribution in [2.45, 2.75) is 58.9 Å². The molecule has 4 rings (SSSR count). The van der Waals surface area contributed by atoms with Crippen molar-refractivity contribution in [1.29, 1.82) is 0 Å². The molecule has 0 unspecified atom stereocenters. The van der Waals surface area contributed by atoms with Crippen LogP contribution in [0.15, 0.2) is 34.9 Å². The van der Waals surface area contributed by atoms with Crippen LogP contribution in [0.5, 0.6) is 5.75 Å². The fourth-order valence-electron chi connectivity index (χ4n) is 5.30. The summed E-state index contributed by atoms with van der Waals surface area (Å²) >= 11 is 0. The molecule has 1 N–H and O–H groups in total. The van der Waals surface area contributed by atoms with Crippen LogP contribution in [0.1, 0.15) is 55.5 Å². The molecular weight excluding hydrogens is 424 g/mol. The van der Waals surface area contributed by atoms with Gasteiger partial charge >= 0.3 is 0 Å². The number of aryl methyl sites for hydroxylation is 2. The van der Waals surface area contributed by atoms with Crippen molar-refractivity contribution in [3.8, 4) is 17.2 Å². The zero-order chi connectivity index (χ0) is 23.9. The van der Waals surface area contributed by atoms with Crippen LogP contribution in [-0.4, -0.2) is 61.2 Å². The Labute approximate surface area is 205 Å². The Morgan fingerprint density at radius 2 is 1.88 bits per heavy atom. The lowest BCUT2D eigenvalue weighted by Gasteiger charge is -2.33. The zero-order valence-corrected chi connectivity index (χ0v) is 21.4. The first-order chi connectivity index (χ1) is 16.5. The fraction of sp³-hybridized carbons (Fsp3) is 0.607. The van der Waals surface area contributed by atoms with Crippen LogP contribution in [0, 0.1) is 19.8 Å². The van der Waals surface area contributed by atoms with Gasteiger partial charge in [0, 0.05) is 24.7 Å². The topological polar surface area (TPSA) is 53.8 Å². The monoisotopic (exact) mass is 466 g/mol. The molecule has 2 saturated heterocycles. The summed E-state index contributed by atoms with van der Waals surface area (Å²) in [6, 6.07) is 6.02. The summed E-state index contributed by atoms with van der Waals surface area (Å²) in [6.07, 6.45) is 7.64. The number of piperidine rings is 2. The average molecular weight is 467 g/mol. The molecule has 2 aromatic rings. The maximum absolute atomic E-state index is 6.08. The lowest BCUT2D eigenvalue weighted by molar-refractivity contribution is 0.185. The van der Waals surface area contributed by atoms with Crippen LogP contribution in [0.2, 0.25) is 0 Å². The van der Waals surface area contributed by atoms with E-state index in [9.17, 15) is 0 Å². The summed E-state index contributed by atoms with van der Waals surface area (Å²) in [5.74, 6) is 2.91. The van der Waals surface area contributed by atoms with Crippen molar-refractivity contribution in [2.75, 3.05) is 46.4 Å². The van der Waals surface area contributed by atoms with Crippen LogP contribution in [0.4, 0.5) is 0 Å². The van der Waals surface area contributed by atoms with Crippen molar-refractivity contribution >= 4 is 0 Å². The number of hydrogen-bond donors (Lipinski definition) is 1. The maximum Gasteiger partial charge on any atom is 0.230 e. The standard InChI is InChI=1S/C28H42N4O2/c1-21-10-8-11-26(33-4)27(21)28-30-25(23(3)34-28)20-32-18-12-24(13-19-32)22(2)29-14-9-17-31-15-6-5-7-16-31/h8,10-11,24,29H,2,5-7,9,12-20H2,1,3-4H3. The molecule has 0 spiro atoms. The van der Waals surface area contributed by atoms with Gasteiger partial charge in [-0.25, -0.2) is 4.98 Å². The first-order valence-corrected chi connectivity index (χ1v) is 13.0. The highest BCUT2D eigenvalue weighted by molar-refractivity contribution is 5.67. The lowest BCUT2D eigenvalue weighted by atomic mass is 9.94. The highest BCUT2D eigenvalue weighted by Crippen LogP contribution is 2.34. The van der Waals surface area contributed by atoms with Gasteiger partial charge in [-0.3, -0.25) is 4.90 Å². The van der Waals surface area contributed by atoms with Gasteiger partial charge < -0.3 is 19.4 Å². The van der Waals surface area contributed by atoms with E-state index in [1.807, 2.05) is 19.1 Å². The van der Waals surface area contributed by atoms with Gasteiger partial charge in [-0.2, -0.15) is 0 Å². The van der Waals surface area contributed by atoms with E-state index >= 15 is 0 Å². The minimum atomic E-state index is 0.566. The third-order valence-corrected chi connectivity index (χ3v) is 7.47. The number of hydrogen-bond acceptors (Lipinski definition) is 6. The predicted molar refractivity (Wildman–Crippen MR) is 138 cm³/mol. The number of oxazole rings is 1. The molecule has 6 heteroatoms. The molecule has 1 aromatic carbocycles. The van der Waals surface area contributed by atoms with Gasteiger partial charge in [0.1, 0.15) is 11.5 Å². The van der Waals surface area contributed by atoms with Crippen LogP contribution in [-0.2, 0) is 6.54 Å². The molecule has 2 fully saturated rings. The Morgan fingerprint density at radius 1 is 1.12 bits per heavy atom. The van der Waals surface area contributed by atoms with Gasteiger partial charge in [-0.05, 0) is 90.3 Å². The highest BCUT2D eigenvalue weighted by Gasteiger charge is 2.24. The number of methoxy groups -OCH3 is 1. The summed E-state index contributed by atoms with van der Waals surface area (Å²) in [5, 5.41) is 3.62. The van der Waals surface area contributed by atoms with Crippen LogP contribution in [0.25, 0.3) is 11.5 Å². The number of rotatable bonds is 10. The second kappa shape index (κ2) is 11.9. The SMILES string of the molecule is C=C(NCCCN1CCCCC1)C1CCN(Cc2nc(-c3c(C)cccc3OC)oc2C)CC1. The minimum absolute atomic E-state index is 0.566. The second-order valence-electron chi connectivity index (χ2n) is 9.93. The molecule has 1 aromatic heterocycles. The number of aromatic nitrogens is 1. The van der Waals surface area contributed by atoms with E-state index in [2.05, 4.69) is 34.7 Å². The maximum atomic E-state index is 6.08. The molecule has 0 bridgehead atoms. The van der Waals surface area contributed by atoms with Crippen molar-refractivity contribution in [2.24, 2.45) is 5.92 Å². The smallest absolute Gasteiger partial charge is 0.230 e. The molecule has 186 valence electrons. The Kier molecular flexibility index (Phi) is 8.68. The second-order valence-corrected chi connectivity index (χ2v) is 9.93. The highest BCUT2D eigenvalue weighted by atomic mass is 16.5. The Bertz CT molecular complexity index is 940. The first kappa shape index (κ1) is 24.8. The third-order valence-electron chi connectivity index (χ3n) is 7.47. The van der Waals surface area contributed by atoms with Crippen molar-refractivity contribution < 1.29 is 9.15 Å². The quantitative estimate of drug-likeness (QED) is 0.488. The van der Waals surface area contributed by atoms with E-state index in [0.29, 0.717) is 11.8 Å². The molecule has 6 nitrogen and oxygen atoms in total. The minimum Gasteiger partial charge on any atom is -0.496 e. The van der Waals surface area contributed by atoms with Gasteiger partial charge in [0.05, 0.1) is 18.4 Å². The van der Waals surface area contributed by atoms with Gasteiger partial charge in [-0.15, -0.1) is 0 Å². The lowest BCUT2D eigenvalue weighted by Crippen LogP contribution is -2.36. The summed E-state index contributed by atoms with van der Waals surface area (Å²) < 4.78 is 11.6. The van der Waals surface area contributed by atoms with Crippen molar-refractivity contribution in [1.82, 2.24) is 20.1 Å².